The van der Waals surface area contributed by atoms with E-state index in [1.165, 1.54) is 25.6 Å². The average Bonchev–Trinajstić information content (AvgIpc) is 2.88. The number of nitrogens with zero attached hydrogens (tertiary/aromatic N) is 3. The highest BCUT2D eigenvalue weighted by Crippen LogP contribution is 2.11. The van der Waals surface area contributed by atoms with Crippen LogP contribution in [0.4, 0.5) is 5.82 Å². The molecule has 0 saturated heterocycles. The van der Waals surface area contributed by atoms with Crippen LogP contribution in [0, 0.1) is 0 Å². The molecule has 0 atom stereocenters. The van der Waals surface area contributed by atoms with E-state index in [1.807, 2.05) is 0 Å². The number of carboxylic acids is 1. The number of nitrogens with one attached hydrogen (secondary N) is 1. The molecule has 0 aliphatic rings. The fraction of sp³-hybridized carbons (Fsp3) is 0.182. The Balaban J connectivity index is 2.17. The third kappa shape index (κ3) is 2.95. The number of carbonyl (C=O) groups is 2. The standard InChI is InChI=1S/C11H10N4O5/c1-19-5-6-4-7(15-20-6)10(16)14-9-8(11(17)18)12-2-3-13-9/h2-4H,5H2,1H3,(H,17,18)(H,13,14,16). The van der Waals surface area contributed by atoms with Crippen LogP contribution in [0.3, 0.4) is 0 Å². The van der Waals surface area contributed by atoms with Gasteiger partial charge < -0.3 is 19.7 Å². The number of carbonyl (C=O) groups excluding carboxylic acids is 1. The molecule has 0 fully saturated rings. The van der Waals surface area contributed by atoms with Gasteiger partial charge in [0.2, 0.25) is 0 Å². The predicted molar refractivity (Wildman–Crippen MR) is 64.2 cm³/mol. The van der Waals surface area contributed by atoms with Crippen LogP contribution in [0.1, 0.15) is 26.7 Å². The summed E-state index contributed by atoms with van der Waals surface area (Å²) in [6, 6.07) is 1.38. The highest BCUT2D eigenvalue weighted by atomic mass is 16.5. The number of ether oxygens (including phenoxy) is 1. The molecule has 0 saturated carbocycles. The van der Waals surface area contributed by atoms with E-state index < -0.39 is 11.9 Å². The zero-order valence-electron chi connectivity index (χ0n) is 10.4. The van der Waals surface area contributed by atoms with Crippen molar-refractivity contribution in [2.45, 2.75) is 6.61 Å². The van der Waals surface area contributed by atoms with Gasteiger partial charge in [-0.3, -0.25) is 4.79 Å². The predicted octanol–water partition coefficient (Wildman–Crippen LogP) is 0.561. The number of hydrogen-bond donors (Lipinski definition) is 2. The summed E-state index contributed by atoms with van der Waals surface area (Å²) in [4.78, 5) is 30.2. The number of hydrogen-bond acceptors (Lipinski definition) is 7. The minimum Gasteiger partial charge on any atom is -0.476 e. The summed E-state index contributed by atoms with van der Waals surface area (Å²) >= 11 is 0. The molecule has 0 radical (unpaired) electrons. The van der Waals surface area contributed by atoms with Crippen molar-refractivity contribution in [3.8, 4) is 0 Å². The molecule has 2 aromatic heterocycles. The second-order valence-corrected chi connectivity index (χ2v) is 3.62. The van der Waals surface area contributed by atoms with Crippen LogP contribution in [-0.4, -0.2) is 39.2 Å². The summed E-state index contributed by atoms with van der Waals surface area (Å²) in [5, 5.41) is 14.8. The third-order valence-corrected chi connectivity index (χ3v) is 2.21. The Bertz CT molecular complexity index is 639. The fourth-order valence-electron chi connectivity index (χ4n) is 1.39. The first kappa shape index (κ1) is 13.6. The summed E-state index contributed by atoms with van der Waals surface area (Å²) < 4.78 is 9.68. The molecule has 0 unspecified atom stereocenters. The molecule has 0 aliphatic heterocycles. The van der Waals surface area contributed by atoms with Crippen molar-refractivity contribution in [3.05, 3.63) is 35.6 Å². The quantitative estimate of drug-likeness (QED) is 0.812. The van der Waals surface area contributed by atoms with Crippen molar-refractivity contribution in [2.24, 2.45) is 0 Å². The van der Waals surface area contributed by atoms with Crippen LogP contribution in [0.25, 0.3) is 0 Å². The normalized spacial score (nSPS) is 10.2. The maximum absolute atomic E-state index is 11.9. The Morgan fingerprint density at radius 3 is 2.85 bits per heavy atom. The maximum Gasteiger partial charge on any atom is 0.358 e. The van der Waals surface area contributed by atoms with Gasteiger partial charge in [0.1, 0.15) is 6.61 Å². The van der Waals surface area contributed by atoms with Gasteiger partial charge in [-0.2, -0.15) is 0 Å². The molecule has 0 bridgehead atoms. The molecule has 0 spiro atoms. The Hall–Kier alpha value is -2.81. The van der Waals surface area contributed by atoms with Gasteiger partial charge in [0, 0.05) is 25.6 Å². The maximum atomic E-state index is 11.9. The molecular weight excluding hydrogens is 268 g/mol. The minimum atomic E-state index is -1.30. The molecule has 0 aromatic carbocycles. The van der Waals surface area contributed by atoms with E-state index in [0.717, 1.165) is 0 Å². The average molecular weight is 278 g/mol. The van der Waals surface area contributed by atoms with Gasteiger partial charge in [0.25, 0.3) is 5.91 Å². The second kappa shape index (κ2) is 5.89. The van der Waals surface area contributed by atoms with Crippen molar-refractivity contribution in [2.75, 3.05) is 12.4 Å². The number of aromatic carboxylic acids is 1. The van der Waals surface area contributed by atoms with Crippen LogP contribution in [-0.2, 0) is 11.3 Å². The molecule has 9 heteroatoms. The Morgan fingerprint density at radius 1 is 1.40 bits per heavy atom. The zero-order chi connectivity index (χ0) is 14.5. The first-order valence-electron chi connectivity index (χ1n) is 5.42. The summed E-state index contributed by atoms with van der Waals surface area (Å²) in [7, 11) is 1.47. The molecule has 1 amide bonds. The SMILES string of the molecule is COCc1cc(C(=O)Nc2nccnc2C(=O)O)no1. The molecule has 0 aliphatic carbocycles. The van der Waals surface area contributed by atoms with Crippen LogP contribution in [0.2, 0.25) is 0 Å². The van der Waals surface area contributed by atoms with E-state index >= 15 is 0 Å². The van der Waals surface area contributed by atoms with Crippen LogP contribution in [0.15, 0.2) is 23.0 Å². The van der Waals surface area contributed by atoms with E-state index in [4.69, 9.17) is 14.4 Å². The lowest BCUT2D eigenvalue weighted by Gasteiger charge is -2.03. The molecular formula is C11H10N4O5. The molecule has 2 aromatic rings. The lowest BCUT2D eigenvalue weighted by Crippen LogP contribution is -2.17. The summed E-state index contributed by atoms with van der Waals surface area (Å²) in [5.41, 5.74) is -0.375. The topological polar surface area (TPSA) is 127 Å². The Labute approximate surface area is 112 Å². The van der Waals surface area contributed by atoms with Crippen molar-refractivity contribution in [1.82, 2.24) is 15.1 Å². The van der Waals surface area contributed by atoms with Crippen molar-refractivity contribution >= 4 is 17.7 Å². The summed E-state index contributed by atoms with van der Waals surface area (Å²) in [5.74, 6) is -1.75. The van der Waals surface area contributed by atoms with Gasteiger partial charge in [0.05, 0.1) is 0 Å². The van der Waals surface area contributed by atoms with Gasteiger partial charge >= 0.3 is 5.97 Å². The highest BCUT2D eigenvalue weighted by molar-refractivity contribution is 6.05. The number of amides is 1. The summed E-state index contributed by atoms with van der Waals surface area (Å²) in [6.07, 6.45) is 2.48. The number of methoxy groups -OCH3 is 1. The van der Waals surface area contributed by atoms with Crippen molar-refractivity contribution in [1.29, 1.82) is 0 Å². The minimum absolute atomic E-state index is 0.0148. The van der Waals surface area contributed by atoms with Gasteiger partial charge in [-0.05, 0) is 0 Å². The van der Waals surface area contributed by atoms with Crippen LogP contribution >= 0.6 is 0 Å². The third-order valence-electron chi connectivity index (χ3n) is 2.21. The molecule has 104 valence electrons. The van der Waals surface area contributed by atoms with E-state index in [2.05, 4.69) is 20.4 Å². The first-order valence-corrected chi connectivity index (χ1v) is 5.42. The summed E-state index contributed by atoms with van der Waals surface area (Å²) in [6.45, 7) is 0.172. The number of rotatable bonds is 5. The Morgan fingerprint density at radius 2 is 2.15 bits per heavy atom. The first-order chi connectivity index (χ1) is 9.61. The van der Waals surface area contributed by atoms with Crippen molar-refractivity contribution in [3.63, 3.8) is 0 Å². The Kier molecular flexibility index (Phi) is 4.01. The van der Waals surface area contributed by atoms with Crippen LogP contribution in [0.5, 0.6) is 0 Å². The smallest absolute Gasteiger partial charge is 0.358 e. The monoisotopic (exact) mass is 278 g/mol. The van der Waals surface area contributed by atoms with Gasteiger partial charge in [-0.25, -0.2) is 14.8 Å². The largest absolute Gasteiger partial charge is 0.476 e. The lowest BCUT2D eigenvalue weighted by atomic mass is 10.3. The van der Waals surface area contributed by atoms with E-state index in [9.17, 15) is 9.59 Å². The van der Waals surface area contributed by atoms with Crippen molar-refractivity contribution < 1.29 is 24.0 Å². The lowest BCUT2D eigenvalue weighted by molar-refractivity contribution is 0.0691. The molecule has 2 rings (SSSR count). The molecule has 2 heterocycles. The van der Waals surface area contributed by atoms with Crippen LogP contribution < -0.4 is 5.32 Å². The molecule has 2 N–H and O–H groups in total. The van der Waals surface area contributed by atoms with Gasteiger partial charge in [0.15, 0.2) is 23.0 Å². The van der Waals surface area contributed by atoms with E-state index in [1.54, 1.807) is 0 Å². The second-order valence-electron chi connectivity index (χ2n) is 3.62. The van der Waals surface area contributed by atoms with Gasteiger partial charge in [-0.1, -0.05) is 5.16 Å². The molecule has 20 heavy (non-hydrogen) atoms. The zero-order valence-corrected chi connectivity index (χ0v) is 10.4. The van der Waals surface area contributed by atoms with E-state index in [0.29, 0.717) is 5.76 Å². The number of anilines is 1. The number of carboxylic acid groups (broad SMARTS) is 1. The number of aromatic nitrogens is 3. The molecule has 9 nitrogen and oxygen atoms in total. The van der Waals surface area contributed by atoms with E-state index in [-0.39, 0.29) is 23.8 Å². The highest BCUT2D eigenvalue weighted by Gasteiger charge is 2.18. The fourth-order valence-corrected chi connectivity index (χ4v) is 1.39. The van der Waals surface area contributed by atoms with Gasteiger partial charge in [-0.15, -0.1) is 0 Å².